The molecule has 1 aliphatic carbocycles. The number of carbonyl (C=O) groups is 2. The number of anilines is 1. The van der Waals surface area contributed by atoms with Crippen molar-refractivity contribution in [1.82, 2.24) is 9.97 Å². The quantitative estimate of drug-likeness (QED) is 0.885. The SMILES string of the molecule is CC1CCc2c(sc(NC(=O)c3nccnc3C(=O)O)c2C#N)C1. The molecule has 0 aliphatic heterocycles. The lowest BCUT2D eigenvalue weighted by Crippen LogP contribution is -2.19. The molecule has 1 atom stereocenters. The van der Waals surface area contributed by atoms with Crippen molar-refractivity contribution in [3.8, 4) is 6.07 Å². The predicted octanol–water partition coefficient (Wildman–Crippen LogP) is 2.49. The number of fused-ring (bicyclic) bond motifs is 1. The summed E-state index contributed by atoms with van der Waals surface area (Å²) >= 11 is 1.38. The zero-order valence-corrected chi connectivity index (χ0v) is 13.7. The fourth-order valence-electron chi connectivity index (χ4n) is 2.78. The molecule has 0 saturated heterocycles. The number of hydrogen-bond donors (Lipinski definition) is 2. The molecular weight excluding hydrogens is 328 g/mol. The summed E-state index contributed by atoms with van der Waals surface area (Å²) in [5, 5.41) is 21.6. The number of hydrogen-bond acceptors (Lipinski definition) is 6. The summed E-state index contributed by atoms with van der Waals surface area (Å²) < 4.78 is 0. The molecule has 122 valence electrons. The van der Waals surface area contributed by atoms with Gasteiger partial charge in [0.05, 0.1) is 5.56 Å². The summed E-state index contributed by atoms with van der Waals surface area (Å²) in [6, 6.07) is 2.16. The van der Waals surface area contributed by atoms with Crippen molar-refractivity contribution in [2.24, 2.45) is 5.92 Å². The Balaban J connectivity index is 1.94. The van der Waals surface area contributed by atoms with E-state index in [2.05, 4.69) is 28.3 Å². The van der Waals surface area contributed by atoms with Gasteiger partial charge in [-0.15, -0.1) is 11.3 Å². The topological polar surface area (TPSA) is 116 Å². The summed E-state index contributed by atoms with van der Waals surface area (Å²) in [6.45, 7) is 2.16. The molecule has 0 spiro atoms. The third kappa shape index (κ3) is 2.86. The molecule has 1 unspecified atom stereocenters. The number of thiophene rings is 1. The lowest BCUT2D eigenvalue weighted by molar-refractivity contribution is 0.0685. The van der Waals surface area contributed by atoms with Gasteiger partial charge in [-0.05, 0) is 30.7 Å². The first-order chi connectivity index (χ1) is 11.5. The second-order valence-electron chi connectivity index (χ2n) is 5.68. The average molecular weight is 342 g/mol. The van der Waals surface area contributed by atoms with Gasteiger partial charge in [-0.2, -0.15) is 5.26 Å². The van der Waals surface area contributed by atoms with Gasteiger partial charge < -0.3 is 10.4 Å². The summed E-state index contributed by atoms with van der Waals surface area (Å²) in [5.41, 5.74) is 0.779. The van der Waals surface area contributed by atoms with Crippen molar-refractivity contribution in [2.45, 2.75) is 26.2 Å². The zero-order chi connectivity index (χ0) is 17.3. The maximum absolute atomic E-state index is 12.4. The smallest absolute Gasteiger partial charge is 0.356 e. The van der Waals surface area contributed by atoms with Gasteiger partial charge in [0.15, 0.2) is 11.4 Å². The Morgan fingerprint density at radius 1 is 1.38 bits per heavy atom. The summed E-state index contributed by atoms with van der Waals surface area (Å²) in [7, 11) is 0. The Bertz CT molecular complexity index is 869. The van der Waals surface area contributed by atoms with Crippen LogP contribution >= 0.6 is 11.3 Å². The van der Waals surface area contributed by atoms with E-state index in [1.54, 1.807) is 0 Å². The van der Waals surface area contributed by atoms with Gasteiger partial charge in [0.1, 0.15) is 11.1 Å². The van der Waals surface area contributed by atoms with Crippen LogP contribution in [0, 0.1) is 17.2 Å². The molecule has 3 rings (SSSR count). The highest BCUT2D eigenvalue weighted by Gasteiger charge is 2.26. The van der Waals surface area contributed by atoms with Crippen LogP contribution in [-0.4, -0.2) is 27.0 Å². The van der Waals surface area contributed by atoms with Crippen LogP contribution in [0.5, 0.6) is 0 Å². The molecule has 0 radical (unpaired) electrons. The van der Waals surface area contributed by atoms with E-state index in [0.717, 1.165) is 29.7 Å². The molecule has 2 aromatic rings. The van der Waals surface area contributed by atoms with Crippen molar-refractivity contribution >= 4 is 28.2 Å². The van der Waals surface area contributed by atoms with Crippen LogP contribution in [0.1, 0.15) is 50.3 Å². The van der Waals surface area contributed by atoms with Crippen LogP contribution in [0.4, 0.5) is 5.00 Å². The number of amides is 1. The van der Waals surface area contributed by atoms with Crippen molar-refractivity contribution in [1.29, 1.82) is 5.26 Å². The highest BCUT2D eigenvalue weighted by molar-refractivity contribution is 7.16. The molecule has 0 saturated carbocycles. The predicted molar refractivity (Wildman–Crippen MR) is 87.2 cm³/mol. The molecule has 2 N–H and O–H groups in total. The highest BCUT2D eigenvalue weighted by atomic mass is 32.1. The third-order valence-electron chi connectivity index (χ3n) is 3.97. The largest absolute Gasteiger partial charge is 0.476 e. The molecule has 1 aliphatic rings. The van der Waals surface area contributed by atoms with Crippen LogP contribution in [0.2, 0.25) is 0 Å². The van der Waals surface area contributed by atoms with E-state index >= 15 is 0 Å². The normalized spacial score (nSPS) is 16.1. The first kappa shape index (κ1) is 16.1. The Labute approximate surface area is 142 Å². The van der Waals surface area contributed by atoms with E-state index in [-0.39, 0.29) is 5.69 Å². The van der Waals surface area contributed by atoms with Gasteiger partial charge >= 0.3 is 5.97 Å². The average Bonchev–Trinajstić information content (AvgIpc) is 2.90. The monoisotopic (exact) mass is 342 g/mol. The molecule has 0 bridgehead atoms. The van der Waals surface area contributed by atoms with Crippen LogP contribution in [0.3, 0.4) is 0 Å². The molecule has 0 aromatic carbocycles. The Hall–Kier alpha value is -2.79. The lowest BCUT2D eigenvalue weighted by Gasteiger charge is -2.17. The third-order valence-corrected chi connectivity index (χ3v) is 5.14. The number of nitrogens with zero attached hydrogens (tertiary/aromatic N) is 3. The fraction of sp³-hybridized carbons (Fsp3) is 0.312. The molecule has 7 nitrogen and oxygen atoms in total. The van der Waals surface area contributed by atoms with E-state index < -0.39 is 17.6 Å². The molecular formula is C16H14N4O3S. The van der Waals surface area contributed by atoms with E-state index in [9.17, 15) is 14.9 Å². The minimum atomic E-state index is -1.33. The van der Waals surface area contributed by atoms with Gasteiger partial charge in [0.2, 0.25) is 0 Å². The minimum Gasteiger partial charge on any atom is -0.476 e. The molecule has 1 amide bonds. The molecule has 2 heterocycles. The summed E-state index contributed by atoms with van der Waals surface area (Å²) in [4.78, 5) is 32.2. The maximum atomic E-state index is 12.4. The van der Waals surface area contributed by atoms with E-state index in [1.807, 2.05) is 0 Å². The van der Waals surface area contributed by atoms with Crippen LogP contribution in [0.25, 0.3) is 0 Å². The molecule has 2 aromatic heterocycles. The number of carboxylic acids is 1. The molecule has 24 heavy (non-hydrogen) atoms. The number of aromatic carboxylic acids is 1. The highest BCUT2D eigenvalue weighted by Crippen LogP contribution is 2.39. The zero-order valence-electron chi connectivity index (χ0n) is 12.9. The maximum Gasteiger partial charge on any atom is 0.356 e. The Kier molecular flexibility index (Phi) is 4.27. The van der Waals surface area contributed by atoms with E-state index in [1.165, 1.54) is 23.7 Å². The van der Waals surface area contributed by atoms with Crippen molar-refractivity contribution < 1.29 is 14.7 Å². The standard InChI is InChI=1S/C16H14N4O3S/c1-8-2-3-9-10(7-17)15(24-11(9)6-8)20-14(21)12-13(16(22)23)19-5-4-18-12/h4-5,8H,2-3,6H2,1H3,(H,20,21)(H,22,23). The van der Waals surface area contributed by atoms with Crippen LogP contribution in [0.15, 0.2) is 12.4 Å². The minimum absolute atomic E-state index is 0.270. The lowest BCUT2D eigenvalue weighted by atomic mass is 9.88. The summed E-state index contributed by atoms with van der Waals surface area (Å²) in [6.07, 6.45) is 5.19. The van der Waals surface area contributed by atoms with Gasteiger partial charge in [-0.3, -0.25) is 4.79 Å². The number of nitrogens with one attached hydrogen (secondary N) is 1. The Morgan fingerprint density at radius 3 is 2.75 bits per heavy atom. The van der Waals surface area contributed by atoms with Crippen molar-refractivity contribution in [3.63, 3.8) is 0 Å². The number of nitriles is 1. The first-order valence-electron chi connectivity index (χ1n) is 7.41. The summed E-state index contributed by atoms with van der Waals surface area (Å²) in [5.74, 6) is -1.46. The number of aromatic nitrogens is 2. The van der Waals surface area contributed by atoms with Gasteiger partial charge in [-0.25, -0.2) is 14.8 Å². The van der Waals surface area contributed by atoms with Gasteiger partial charge in [0.25, 0.3) is 5.91 Å². The molecule has 8 heteroatoms. The van der Waals surface area contributed by atoms with E-state index in [0.29, 0.717) is 16.5 Å². The first-order valence-corrected chi connectivity index (χ1v) is 8.23. The number of rotatable bonds is 3. The van der Waals surface area contributed by atoms with Crippen molar-refractivity contribution in [3.05, 3.63) is 39.8 Å². The van der Waals surface area contributed by atoms with Crippen LogP contribution < -0.4 is 5.32 Å². The number of carbonyl (C=O) groups excluding carboxylic acids is 1. The Morgan fingerprint density at radius 2 is 2.08 bits per heavy atom. The second kappa shape index (κ2) is 6.37. The van der Waals surface area contributed by atoms with E-state index in [4.69, 9.17) is 5.11 Å². The number of carboxylic acid groups (broad SMARTS) is 1. The van der Waals surface area contributed by atoms with Gasteiger partial charge in [-0.1, -0.05) is 6.92 Å². The molecule has 0 fully saturated rings. The fourth-order valence-corrected chi connectivity index (χ4v) is 4.14. The van der Waals surface area contributed by atoms with Crippen LogP contribution in [-0.2, 0) is 12.8 Å². The van der Waals surface area contributed by atoms with Gasteiger partial charge in [0, 0.05) is 17.3 Å². The van der Waals surface area contributed by atoms with Crippen molar-refractivity contribution in [2.75, 3.05) is 5.32 Å². The second-order valence-corrected chi connectivity index (χ2v) is 6.79.